The first-order chi connectivity index (χ1) is 15.1. The number of benzene rings is 2. The predicted octanol–water partition coefficient (Wildman–Crippen LogP) is 3.74. The van der Waals surface area contributed by atoms with E-state index in [0.29, 0.717) is 16.7 Å². The van der Waals surface area contributed by atoms with E-state index < -0.39 is 23.8 Å². The topological polar surface area (TPSA) is 119 Å². The van der Waals surface area contributed by atoms with Crippen molar-refractivity contribution < 1.29 is 23.1 Å². The Hall–Kier alpha value is -3.70. The summed E-state index contributed by atoms with van der Waals surface area (Å²) in [5.74, 6) is -0.722. The number of carbonyl (C=O) groups excluding carboxylic acids is 1. The van der Waals surface area contributed by atoms with Crippen molar-refractivity contribution >= 4 is 40.0 Å². The van der Waals surface area contributed by atoms with Gasteiger partial charge >= 0.3 is 6.18 Å². The highest BCUT2D eigenvalue weighted by Gasteiger charge is 2.31. The van der Waals surface area contributed by atoms with E-state index in [0.717, 1.165) is 18.2 Å². The van der Waals surface area contributed by atoms with Crippen LogP contribution in [0.2, 0.25) is 5.02 Å². The molecule has 0 saturated carbocycles. The standard InChI is InChI=1S/C20H14ClF3N6O2/c21-13-7-12(4-5-15(13)30-16-14(8-28-30)26-9-27-18(16)25)29-19(32)17(31)10-2-1-3-11(6-10)20(22,23)24/h1-9,17,31H,(H,29,32)(H2,25,26,27)/t17-/m1/s1. The molecule has 164 valence electrons. The summed E-state index contributed by atoms with van der Waals surface area (Å²) < 4.78 is 40.1. The molecule has 0 unspecified atom stereocenters. The number of rotatable bonds is 4. The van der Waals surface area contributed by atoms with Gasteiger partial charge < -0.3 is 16.2 Å². The van der Waals surface area contributed by atoms with Crippen molar-refractivity contribution in [3.8, 4) is 5.69 Å². The van der Waals surface area contributed by atoms with Gasteiger partial charge in [0.1, 0.15) is 17.4 Å². The quantitative estimate of drug-likeness (QED) is 0.425. The molecule has 1 atom stereocenters. The van der Waals surface area contributed by atoms with Gasteiger partial charge in [0.2, 0.25) is 0 Å². The van der Waals surface area contributed by atoms with Gasteiger partial charge in [0, 0.05) is 5.69 Å². The van der Waals surface area contributed by atoms with Crippen molar-refractivity contribution in [2.75, 3.05) is 11.1 Å². The Bertz CT molecular complexity index is 1320. The number of nitrogens with two attached hydrogens (primary N) is 1. The Morgan fingerprint density at radius 3 is 2.69 bits per heavy atom. The number of aliphatic hydroxyl groups excluding tert-OH is 1. The molecule has 2 aromatic carbocycles. The molecule has 0 bridgehead atoms. The fraction of sp³-hybridized carbons (Fsp3) is 0.100. The van der Waals surface area contributed by atoms with E-state index in [1.807, 2.05) is 0 Å². The van der Waals surface area contributed by atoms with Crippen LogP contribution in [-0.4, -0.2) is 30.8 Å². The van der Waals surface area contributed by atoms with E-state index in [2.05, 4.69) is 20.4 Å². The molecule has 4 N–H and O–H groups in total. The minimum atomic E-state index is -4.60. The number of hydrogen-bond donors (Lipinski definition) is 3. The number of fused-ring (bicyclic) bond motifs is 1. The molecule has 1 amide bonds. The highest BCUT2D eigenvalue weighted by atomic mass is 35.5. The van der Waals surface area contributed by atoms with E-state index in [1.54, 1.807) is 6.07 Å². The maximum atomic E-state index is 12.9. The van der Waals surface area contributed by atoms with Crippen molar-refractivity contribution in [2.24, 2.45) is 0 Å². The molecule has 12 heteroatoms. The highest BCUT2D eigenvalue weighted by molar-refractivity contribution is 6.32. The van der Waals surface area contributed by atoms with Gasteiger partial charge in [-0.05, 0) is 35.9 Å². The van der Waals surface area contributed by atoms with E-state index in [1.165, 1.54) is 35.4 Å². The van der Waals surface area contributed by atoms with Gasteiger partial charge in [0.05, 0.1) is 22.5 Å². The number of anilines is 2. The molecule has 0 aliphatic heterocycles. The number of nitrogens with one attached hydrogen (secondary N) is 1. The fourth-order valence-corrected chi connectivity index (χ4v) is 3.34. The van der Waals surface area contributed by atoms with Gasteiger partial charge in [0.15, 0.2) is 11.9 Å². The van der Waals surface area contributed by atoms with Gasteiger partial charge in [-0.25, -0.2) is 14.6 Å². The van der Waals surface area contributed by atoms with E-state index in [4.69, 9.17) is 17.3 Å². The number of aliphatic hydroxyl groups is 1. The Kier molecular flexibility index (Phi) is 5.45. The molecule has 4 aromatic rings. The molecular weight excluding hydrogens is 449 g/mol. The molecule has 4 rings (SSSR count). The third-order valence-corrected chi connectivity index (χ3v) is 4.91. The number of aromatic nitrogens is 4. The Labute approximate surface area is 183 Å². The van der Waals surface area contributed by atoms with Gasteiger partial charge in [-0.15, -0.1) is 0 Å². The minimum absolute atomic E-state index is 0.185. The summed E-state index contributed by atoms with van der Waals surface area (Å²) in [5, 5.41) is 17.0. The maximum absolute atomic E-state index is 12.9. The normalized spacial score (nSPS) is 12.7. The summed E-state index contributed by atoms with van der Waals surface area (Å²) in [6, 6.07) is 8.36. The van der Waals surface area contributed by atoms with Crippen LogP contribution in [0.5, 0.6) is 0 Å². The number of alkyl halides is 3. The third-order valence-electron chi connectivity index (χ3n) is 4.61. The largest absolute Gasteiger partial charge is 0.416 e. The molecule has 0 aliphatic rings. The number of nitrogen functional groups attached to an aromatic ring is 1. The third kappa shape index (κ3) is 4.07. The summed E-state index contributed by atoms with van der Waals surface area (Å²) in [6.45, 7) is 0. The molecule has 32 heavy (non-hydrogen) atoms. The first kappa shape index (κ1) is 21.5. The minimum Gasteiger partial charge on any atom is -0.382 e. The number of hydrogen-bond acceptors (Lipinski definition) is 6. The van der Waals surface area contributed by atoms with Gasteiger partial charge in [-0.1, -0.05) is 23.7 Å². The second-order valence-corrected chi connectivity index (χ2v) is 7.14. The summed E-state index contributed by atoms with van der Waals surface area (Å²) in [6.07, 6.45) is -3.62. The Morgan fingerprint density at radius 1 is 1.19 bits per heavy atom. The lowest BCUT2D eigenvalue weighted by Gasteiger charge is -2.15. The van der Waals surface area contributed by atoms with E-state index in [9.17, 15) is 23.1 Å². The molecular formula is C20H14ClF3N6O2. The molecule has 0 saturated heterocycles. The number of nitrogens with zero attached hydrogens (tertiary/aromatic N) is 4. The van der Waals surface area contributed by atoms with Crippen LogP contribution in [0.25, 0.3) is 16.7 Å². The lowest BCUT2D eigenvalue weighted by atomic mass is 10.0. The average Bonchev–Trinajstić information content (AvgIpc) is 3.18. The van der Waals surface area contributed by atoms with Crippen LogP contribution in [0.1, 0.15) is 17.2 Å². The summed E-state index contributed by atoms with van der Waals surface area (Å²) >= 11 is 6.34. The Balaban J connectivity index is 1.57. The number of amides is 1. The molecule has 8 nitrogen and oxygen atoms in total. The zero-order chi connectivity index (χ0) is 23.0. The first-order valence-corrected chi connectivity index (χ1v) is 9.43. The van der Waals surface area contributed by atoms with Crippen molar-refractivity contribution in [3.05, 3.63) is 71.1 Å². The lowest BCUT2D eigenvalue weighted by Crippen LogP contribution is -2.21. The maximum Gasteiger partial charge on any atom is 0.416 e. The fourth-order valence-electron chi connectivity index (χ4n) is 3.07. The monoisotopic (exact) mass is 462 g/mol. The molecule has 2 aromatic heterocycles. The van der Waals surface area contributed by atoms with Crippen LogP contribution in [0.3, 0.4) is 0 Å². The van der Waals surface area contributed by atoms with Gasteiger partial charge in [-0.2, -0.15) is 18.3 Å². The van der Waals surface area contributed by atoms with E-state index >= 15 is 0 Å². The van der Waals surface area contributed by atoms with Crippen LogP contribution in [0, 0.1) is 0 Å². The van der Waals surface area contributed by atoms with Crippen LogP contribution in [0.15, 0.2) is 55.0 Å². The van der Waals surface area contributed by atoms with Gasteiger partial charge in [-0.3, -0.25) is 4.79 Å². The van der Waals surface area contributed by atoms with Crippen LogP contribution >= 0.6 is 11.6 Å². The molecule has 0 spiro atoms. The first-order valence-electron chi connectivity index (χ1n) is 9.05. The Morgan fingerprint density at radius 2 is 1.97 bits per heavy atom. The van der Waals surface area contributed by atoms with Crippen molar-refractivity contribution in [3.63, 3.8) is 0 Å². The second kappa shape index (κ2) is 8.09. The molecule has 0 fully saturated rings. The summed E-state index contributed by atoms with van der Waals surface area (Å²) in [5.41, 5.74) is 6.34. The van der Waals surface area contributed by atoms with Crippen molar-refractivity contribution in [2.45, 2.75) is 12.3 Å². The summed E-state index contributed by atoms with van der Waals surface area (Å²) in [7, 11) is 0. The van der Waals surface area contributed by atoms with Crippen molar-refractivity contribution in [1.82, 2.24) is 19.7 Å². The van der Waals surface area contributed by atoms with E-state index in [-0.39, 0.29) is 22.1 Å². The van der Waals surface area contributed by atoms with Crippen molar-refractivity contribution in [1.29, 1.82) is 0 Å². The number of halogens is 4. The zero-order valence-corrected chi connectivity index (χ0v) is 16.8. The number of carbonyl (C=O) groups is 1. The zero-order valence-electron chi connectivity index (χ0n) is 16.0. The average molecular weight is 463 g/mol. The van der Waals surface area contributed by atoms with Crippen LogP contribution < -0.4 is 11.1 Å². The highest BCUT2D eigenvalue weighted by Crippen LogP contribution is 2.32. The smallest absolute Gasteiger partial charge is 0.382 e. The van der Waals surface area contributed by atoms with Gasteiger partial charge in [0.25, 0.3) is 5.91 Å². The second-order valence-electron chi connectivity index (χ2n) is 6.73. The predicted molar refractivity (Wildman–Crippen MR) is 111 cm³/mol. The lowest BCUT2D eigenvalue weighted by molar-refractivity contribution is -0.138. The van der Waals surface area contributed by atoms with Crippen LogP contribution in [-0.2, 0) is 11.0 Å². The molecule has 0 aliphatic carbocycles. The SMILES string of the molecule is Nc1ncnc2cnn(-c3ccc(NC(=O)[C@H](O)c4cccc(C(F)(F)F)c4)cc3Cl)c12. The summed E-state index contributed by atoms with van der Waals surface area (Å²) in [4.78, 5) is 20.4. The van der Waals surface area contributed by atoms with Crippen LogP contribution in [0.4, 0.5) is 24.7 Å². The molecule has 2 heterocycles. The molecule has 0 radical (unpaired) electrons.